The predicted molar refractivity (Wildman–Crippen MR) is 152 cm³/mol. The molecule has 6 rings (SSSR count). The van der Waals surface area contributed by atoms with Crippen molar-refractivity contribution in [2.75, 3.05) is 29.9 Å². The fourth-order valence-corrected chi connectivity index (χ4v) is 6.51. The van der Waals surface area contributed by atoms with Crippen LogP contribution in [0.15, 0.2) is 55.0 Å². The monoisotopic (exact) mass is 551 g/mol. The predicted octanol–water partition coefficient (Wildman–Crippen LogP) is 4.03. The Kier molecular flexibility index (Phi) is 6.73. The molecule has 2 atom stereocenters. The van der Waals surface area contributed by atoms with E-state index in [4.69, 9.17) is 9.97 Å². The van der Waals surface area contributed by atoms with Crippen molar-refractivity contribution in [1.82, 2.24) is 19.9 Å². The summed E-state index contributed by atoms with van der Waals surface area (Å²) in [6.07, 6.45) is 4.71. The minimum atomic E-state index is -1.06. The molecule has 1 unspecified atom stereocenters. The van der Waals surface area contributed by atoms with Gasteiger partial charge in [-0.2, -0.15) is 5.26 Å². The van der Waals surface area contributed by atoms with Gasteiger partial charge in [0.25, 0.3) is 5.91 Å². The molecule has 0 saturated carbocycles. The van der Waals surface area contributed by atoms with Crippen molar-refractivity contribution in [1.29, 1.82) is 5.26 Å². The molecule has 2 amide bonds. The van der Waals surface area contributed by atoms with E-state index < -0.39 is 23.2 Å². The average molecular weight is 552 g/mol. The van der Waals surface area contributed by atoms with E-state index in [2.05, 4.69) is 35.1 Å². The molecule has 1 aliphatic carbocycles. The van der Waals surface area contributed by atoms with Gasteiger partial charge in [0.05, 0.1) is 29.6 Å². The van der Waals surface area contributed by atoms with Crippen LogP contribution in [0.1, 0.15) is 41.8 Å². The molecule has 2 aliphatic heterocycles. The molecule has 41 heavy (non-hydrogen) atoms. The maximum atomic E-state index is 14.0. The molecule has 208 valence electrons. The highest BCUT2D eigenvalue weighted by molar-refractivity contribution is 6.04. The summed E-state index contributed by atoms with van der Waals surface area (Å²) in [5.74, 6) is -0.932. The molecule has 2 aromatic heterocycles. The second kappa shape index (κ2) is 10.4. The maximum absolute atomic E-state index is 14.0. The number of carbonyl (C=O) groups excluding carboxylic acids is 2. The second-order valence-electron chi connectivity index (χ2n) is 10.9. The van der Waals surface area contributed by atoms with E-state index >= 15 is 0 Å². The number of carbonyl (C=O) groups is 2. The normalized spacial score (nSPS) is 21.5. The standard InChI is InChI=1S/C31H30FN7O2/c1-19(32)29(40)39-16-15-38(18-22(39)11-13-33)28-26-25(35-27(37-28)23-9-6-14-34-20(23)2)17-31(30(41)36-26)12-5-8-21-7-3-4-10-24(21)31/h3-4,6-7,9-10,14,22H,1,5,8,11-12,15-18H2,2H3,(H,36,41)/t22-,31?/m0/s1. The summed E-state index contributed by atoms with van der Waals surface area (Å²) in [6.45, 7) is 5.80. The van der Waals surface area contributed by atoms with Crippen LogP contribution in [0.3, 0.4) is 0 Å². The Morgan fingerprint density at radius 3 is 2.85 bits per heavy atom. The van der Waals surface area contributed by atoms with Crippen LogP contribution in [0.2, 0.25) is 0 Å². The van der Waals surface area contributed by atoms with Crippen LogP contribution in [0.5, 0.6) is 0 Å². The van der Waals surface area contributed by atoms with Crippen LogP contribution in [-0.2, 0) is 27.8 Å². The Labute approximate surface area is 237 Å². The molecule has 1 fully saturated rings. The van der Waals surface area contributed by atoms with Gasteiger partial charge >= 0.3 is 0 Å². The number of halogens is 1. The molecule has 1 spiro atoms. The van der Waals surface area contributed by atoms with Gasteiger partial charge in [0, 0.05) is 43.5 Å². The van der Waals surface area contributed by atoms with E-state index in [1.165, 1.54) is 10.5 Å². The first-order valence-electron chi connectivity index (χ1n) is 13.8. The van der Waals surface area contributed by atoms with Gasteiger partial charge in [0.1, 0.15) is 5.69 Å². The van der Waals surface area contributed by atoms with E-state index in [1.807, 2.05) is 36.1 Å². The van der Waals surface area contributed by atoms with Crippen molar-refractivity contribution < 1.29 is 14.0 Å². The number of aryl methyl sites for hydroxylation is 2. The summed E-state index contributed by atoms with van der Waals surface area (Å²) in [5.41, 5.74) is 4.32. The first-order valence-corrected chi connectivity index (χ1v) is 13.8. The Morgan fingerprint density at radius 1 is 1.24 bits per heavy atom. The van der Waals surface area contributed by atoms with Gasteiger partial charge in [0.2, 0.25) is 5.91 Å². The number of nitrogens with zero attached hydrogens (tertiary/aromatic N) is 6. The molecule has 0 bridgehead atoms. The van der Waals surface area contributed by atoms with Crippen LogP contribution in [0, 0.1) is 18.3 Å². The second-order valence-corrected chi connectivity index (χ2v) is 10.9. The smallest absolute Gasteiger partial charge is 0.282 e. The van der Waals surface area contributed by atoms with Gasteiger partial charge in [-0.25, -0.2) is 14.4 Å². The topological polar surface area (TPSA) is 115 Å². The van der Waals surface area contributed by atoms with Gasteiger partial charge in [-0.1, -0.05) is 30.8 Å². The van der Waals surface area contributed by atoms with Gasteiger partial charge < -0.3 is 15.1 Å². The quantitative estimate of drug-likeness (QED) is 0.487. The van der Waals surface area contributed by atoms with Crippen LogP contribution in [0.4, 0.5) is 15.9 Å². The molecule has 3 aliphatic rings. The number of rotatable bonds is 4. The number of anilines is 2. The molecular weight excluding hydrogens is 521 g/mol. The van der Waals surface area contributed by atoms with Gasteiger partial charge in [-0.15, -0.1) is 0 Å². The van der Waals surface area contributed by atoms with Gasteiger partial charge in [-0.05, 0) is 49.4 Å². The number of pyridine rings is 1. The Balaban J connectivity index is 1.46. The minimum Gasteiger partial charge on any atom is -0.351 e. The lowest BCUT2D eigenvalue weighted by atomic mass is 9.65. The summed E-state index contributed by atoms with van der Waals surface area (Å²) >= 11 is 0. The molecular formula is C31H30FN7O2. The summed E-state index contributed by atoms with van der Waals surface area (Å²) in [7, 11) is 0. The first-order chi connectivity index (χ1) is 19.8. The Bertz CT molecular complexity index is 1620. The summed E-state index contributed by atoms with van der Waals surface area (Å²) in [5, 5.41) is 12.7. The van der Waals surface area contributed by atoms with Crippen LogP contribution in [-0.4, -0.2) is 57.3 Å². The lowest BCUT2D eigenvalue weighted by Gasteiger charge is -2.44. The number of hydrogen-bond donors (Lipinski definition) is 1. The molecule has 3 aromatic rings. The van der Waals surface area contributed by atoms with Crippen molar-refractivity contribution in [2.45, 2.75) is 50.5 Å². The highest BCUT2D eigenvalue weighted by Gasteiger charge is 2.48. The van der Waals surface area contributed by atoms with Crippen molar-refractivity contribution in [3.05, 3.63) is 77.5 Å². The van der Waals surface area contributed by atoms with Gasteiger partial charge in [-0.3, -0.25) is 14.6 Å². The molecule has 0 radical (unpaired) electrons. The zero-order valence-corrected chi connectivity index (χ0v) is 22.9. The Morgan fingerprint density at radius 2 is 2.07 bits per heavy atom. The van der Waals surface area contributed by atoms with Crippen molar-refractivity contribution in [3.63, 3.8) is 0 Å². The van der Waals surface area contributed by atoms with Crippen LogP contribution < -0.4 is 10.2 Å². The average Bonchev–Trinajstić information content (AvgIpc) is 2.97. The molecule has 1 saturated heterocycles. The third kappa shape index (κ3) is 4.51. The number of fused-ring (bicyclic) bond motifs is 3. The van der Waals surface area contributed by atoms with E-state index in [0.717, 1.165) is 35.4 Å². The number of nitrogens with one attached hydrogen (secondary N) is 1. The third-order valence-electron chi connectivity index (χ3n) is 8.54. The maximum Gasteiger partial charge on any atom is 0.282 e. The largest absolute Gasteiger partial charge is 0.351 e. The summed E-state index contributed by atoms with van der Waals surface area (Å²) in [4.78, 5) is 44.1. The fourth-order valence-electron chi connectivity index (χ4n) is 6.51. The Hall–Kier alpha value is -4.65. The van der Waals surface area contributed by atoms with E-state index in [-0.39, 0.29) is 25.4 Å². The minimum absolute atomic E-state index is 0.0175. The number of nitriles is 1. The number of piperazine rings is 1. The molecule has 1 aromatic carbocycles. The number of aromatic nitrogens is 3. The molecule has 10 heteroatoms. The van der Waals surface area contributed by atoms with Gasteiger partial charge in [0.15, 0.2) is 17.5 Å². The number of amides is 2. The third-order valence-corrected chi connectivity index (χ3v) is 8.54. The van der Waals surface area contributed by atoms with Crippen molar-refractivity contribution >= 4 is 23.3 Å². The number of benzene rings is 1. The highest BCUT2D eigenvalue weighted by atomic mass is 19.1. The van der Waals surface area contributed by atoms with E-state index in [0.29, 0.717) is 36.7 Å². The molecule has 1 N–H and O–H groups in total. The van der Waals surface area contributed by atoms with E-state index in [9.17, 15) is 19.2 Å². The zero-order chi connectivity index (χ0) is 28.7. The van der Waals surface area contributed by atoms with Crippen molar-refractivity contribution in [3.8, 4) is 17.5 Å². The summed E-state index contributed by atoms with van der Waals surface area (Å²) < 4.78 is 13.8. The fraction of sp³-hybridized carbons (Fsp3) is 0.355. The SMILES string of the molecule is C=C(F)C(=O)N1CCN(c2nc(-c3cccnc3C)nc3c2NC(=O)C2(CCCc4ccccc42)C3)C[C@@H]1CC#N. The molecule has 9 nitrogen and oxygen atoms in total. The first kappa shape index (κ1) is 26.6. The van der Waals surface area contributed by atoms with Crippen LogP contribution in [0.25, 0.3) is 11.4 Å². The lowest BCUT2D eigenvalue weighted by molar-refractivity contribution is -0.131. The van der Waals surface area contributed by atoms with Crippen molar-refractivity contribution in [2.24, 2.45) is 0 Å². The summed E-state index contributed by atoms with van der Waals surface area (Å²) in [6, 6.07) is 13.4. The zero-order valence-electron chi connectivity index (χ0n) is 22.9. The van der Waals surface area contributed by atoms with Crippen LogP contribution >= 0.6 is 0 Å². The molecule has 4 heterocycles. The van der Waals surface area contributed by atoms with E-state index in [1.54, 1.807) is 6.20 Å². The highest BCUT2D eigenvalue weighted by Crippen LogP contribution is 2.46. The lowest BCUT2D eigenvalue weighted by Crippen LogP contribution is -2.56. The number of hydrogen-bond acceptors (Lipinski definition) is 7.